The van der Waals surface area contributed by atoms with Gasteiger partial charge in [-0.1, -0.05) is 0 Å². The summed E-state index contributed by atoms with van der Waals surface area (Å²) in [6, 6.07) is 1.64. The third-order valence-electron chi connectivity index (χ3n) is 3.37. The highest BCUT2D eigenvalue weighted by Crippen LogP contribution is 2.05. The lowest BCUT2D eigenvalue weighted by atomic mass is 10.3. The van der Waals surface area contributed by atoms with E-state index in [2.05, 4.69) is 10.4 Å². The van der Waals surface area contributed by atoms with Crippen molar-refractivity contribution < 1.29 is 4.74 Å². The molecule has 0 aromatic carbocycles. The number of hydrogen-bond donors (Lipinski definition) is 1. The van der Waals surface area contributed by atoms with Crippen LogP contribution in [-0.4, -0.2) is 49.7 Å². The molecule has 0 fully saturated rings. The highest BCUT2D eigenvalue weighted by atomic mass is 16.5. The maximum atomic E-state index is 11.9. The summed E-state index contributed by atoms with van der Waals surface area (Å²) in [5.74, 6) is 0. The second kappa shape index (κ2) is 10.3. The van der Waals surface area contributed by atoms with Gasteiger partial charge in [-0.25, -0.2) is 4.68 Å². The van der Waals surface area contributed by atoms with Crippen LogP contribution in [0.25, 0.3) is 0 Å². The van der Waals surface area contributed by atoms with Crippen LogP contribution in [0.2, 0.25) is 0 Å². The van der Waals surface area contributed by atoms with E-state index in [1.807, 2.05) is 25.8 Å². The van der Waals surface area contributed by atoms with Crippen molar-refractivity contribution in [1.29, 1.82) is 0 Å². The zero-order chi connectivity index (χ0) is 15.5. The van der Waals surface area contributed by atoms with Crippen LogP contribution >= 0.6 is 0 Å². The minimum Gasteiger partial charge on any atom is -0.382 e. The highest BCUT2D eigenvalue weighted by Gasteiger charge is 2.02. The molecule has 0 aliphatic carbocycles. The van der Waals surface area contributed by atoms with Crippen LogP contribution in [0.5, 0.6) is 0 Å². The van der Waals surface area contributed by atoms with Gasteiger partial charge in [0.05, 0.1) is 18.4 Å². The van der Waals surface area contributed by atoms with Gasteiger partial charge in [0.1, 0.15) is 0 Å². The van der Waals surface area contributed by atoms with Crippen LogP contribution in [0.4, 0.5) is 5.69 Å². The molecule has 0 aliphatic rings. The van der Waals surface area contributed by atoms with E-state index < -0.39 is 0 Å². The molecule has 0 saturated carbocycles. The number of ether oxygens (including phenoxy) is 1. The minimum absolute atomic E-state index is 0.0501. The van der Waals surface area contributed by atoms with Crippen LogP contribution in [0.1, 0.15) is 26.7 Å². The molecule has 0 spiro atoms. The first-order chi connectivity index (χ1) is 10.2. The monoisotopic (exact) mass is 296 g/mol. The number of aromatic nitrogens is 2. The predicted octanol–water partition coefficient (Wildman–Crippen LogP) is 1.11. The first-order valence-corrected chi connectivity index (χ1v) is 7.75. The van der Waals surface area contributed by atoms with Gasteiger partial charge in [-0.2, -0.15) is 5.10 Å². The Morgan fingerprint density at radius 1 is 1.33 bits per heavy atom. The van der Waals surface area contributed by atoms with Gasteiger partial charge in [0.2, 0.25) is 0 Å². The lowest BCUT2D eigenvalue weighted by Gasteiger charge is -2.16. The second-order valence-corrected chi connectivity index (χ2v) is 4.94. The number of nitrogens with zero attached hydrogens (tertiary/aromatic N) is 3. The van der Waals surface area contributed by atoms with Crippen molar-refractivity contribution in [1.82, 2.24) is 15.1 Å². The van der Waals surface area contributed by atoms with Crippen molar-refractivity contribution in [2.45, 2.75) is 33.2 Å². The zero-order valence-electron chi connectivity index (χ0n) is 13.5. The summed E-state index contributed by atoms with van der Waals surface area (Å²) in [6.45, 7) is 8.81. The summed E-state index contributed by atoms with van der Waals surface area (Å²) >= 11 is 0. The summed E-state index contributed by atoms with van der Waals surface area (Å²) in [5, 5.41) is 7.53. The Balaban J connectivity index is 2.25. The van der Waals surface area contributed by atoms with Crippen molar-refractivity contribution >= 4 is 5.69 Å². The highest BCUT2D eigenvalue weighted by molar-refractivity contribution is 5.41. The molecule has 0 unspecified atom stereocenters. The largest absolute Gasteiger partial charge is 0.382 e. The third kappa shape index (κ3) is 6.73. The molecular formula is C15H28N4O2. The molecule has 1 heterocycles. The quantitative estimate of drug-likeness (QED) is 0.620. The van der Waals surface area contributed by atoms with E-state index in [4.69, 9.17) is 4.74 Å². The molecule has 0 atom stereocenters. The Morgan fingerprint density at radius 2 is 2.14 bits per heavy atom. The first kappa shape index (κ1) is 17.7. The summed E-state index contributed by atoms with van der Waals surface area (Å²) in [4.78, 5) is 13.9. The van der Waals surface area contributed by atoms with Gasteiger partial charge >= 0.3 is 0 Å². The minimum atomic E-state index is -0.0501. The maximum absolute atomic E-state index is 11.9. The fourth-order valence-electron chi connectivity index (χ4n) is 1.89. The maximum Gasteiger partial charge on any atom is 0.268 e. The second-order valence-electron chi connectivity index (χ2n) is 4.94. The molecule has 0 amide bonds. The average Bonchev–Trinajstić information content (AvgIpc) is 2.50. The molecule has 21 heavy (non-hydrogen) atoms. The van der Waals surface area contributed by atoms with E-state index in [0.717, 1.165) is 51.4 Å². The fourth-order valence-corrected chi connectivity index (χ4v) is 1.89. The standard InChI is InChI=1S/C15H28N4O2/c1-4-18(3)14-12-15(20)19(17-13-14)10-9-16-8-6-7-11-21-5-2/h12-13,16H,4-11H2,1-3H3. The van der Waals surface area contributed by atoms with Crippen LogP contribution in [0.15, 0.2) is 17.1 Å². The van der Waals surface area contributed by atoms with Gasteiger partial charge in [-0.15, -0.1) is 0 Å². The van der Waals surface area contributed by atoms with Gasteiger partial charge in [0, 0.05) is 39.4 Å². The molecule has 1 rings (SSSR count). The van der Waals surface area contributed by atoms with Crippen molar-refractivity contribution in [2.75, 3.05) is 44.8 Å². The van der Waals surface area contributed by atoms with E-state index in [0.29, 0.717) is 6.54 Å². The predicted molar refractivity (Wildman–Crippen MR) is 86.0 cm³/mol. The van der Waals surface area contributed by atoms with Crippen molar-refractivity contribution in [3.63, 3.8) is 0 Å². The molecule has 1 aromatic rings. The van der Waals surface area contributed by atoms with Crippen molar-refractivity contribution in [3.8, 4) is 0 Å². The molecule has 0 saturated heterocycles. The summed E-state index contributed by atoms with van der Waals surface area (Å²) in [7, 11) is 1.95. The van der Waals surface area contributed by atoms with E-state index in [-0.39, 0.29) is 5.56 Å². The number of nitrogens with one attached hydrogen (secondary N) is 1. The Bertz CT molecular complexity index is 448. The van der Waals surface area contributed by atoms with E-state index in [9.17, 15) is 4.79 Å². The number of hydrogen-bond acceptors (Lipinski definition) is 5. The zero-order valence-corrected chi connectivity index (χ0v) is 13.5. The summed E-state index contributed by atoms with van der Waals surface area (Å²) in [5.41, 5.74) is 0.813. The van der Waals surface area contributed by atoms with Crippen LogP contribution in [0, 0.1) is 0 Å². The lowest BCUT2D eigenvalue weighted by Crippen LogP contribution is -2.30. The summed E-state index contributed by atoms with van der Waals surface area (Å²) in [6.07, 6.45) is 3.90. The van der Waals surface area contributed by atoms with Gasteiger partial charge in [0.15, 0.2) is 0 Å². The van der Waals surface area contributed by atoms with E-state index in [1.165, 1.54) is 4.68 Å². The molecular weight excluding hydrogens is 268 g/mol. The molecule has 0 radical (unpaired) electrons. The molecule has 1 N–H and O–H groups in total. The SMILES string of the molecule is CCOCCCCNCCn1ncc(N(C)CC)cc1=O. The van der Waals surface area contributed by atoms with Crippen molar-refractivity contribution in [3.05, 3.63) is 22.6 Å². The normalized spacial score (nSPS) is 10.8. The molecule has 1 aromatic heterocycles. The van der Waals surface area contributed by atoms with Gasteiger partial charge in [0.25, 0.3) is 5.56 Å². The number of unbranched alkanes of at least 4 members (excludes halogenated alkanes) is 1. The number of rotatable bonds is 11. The molecule has 0 bridgehead atoms. The van der Waals surface area contributed by atoms with E-state index >= 15 is 0 Å². The molecule has 120 valence electrons. The Hall–Kier alpha value is -1.40. The third-order valence-corrected chi connectivity index (χ3v) is 3.37. The van der Waals surface area contributed by atoms with Crippen LogP contribution < -0.4 is 15.8 Å². The average molecular weight is 296 g/mol. The van der Waals surface area contributed by atoms with E-state index in [1.54, 1.807) is 12.3 Å². The molecule has 6 heteroatoms. The fraction of sp³-hybridized carbons (Fsp3) is 0.733. The van der Waals surface area contributed by atoms with Gasteiger partial charge < -0.3 is 15.0 Å². The molecule has 6 nitrogen and oxygen atoms in total. The smallest absolute Gasteiger partial charge is 0.268 e. The Labute approximate surface area is 127 Å². The Morgan fingerprint density at radius 3 is 2.81 bits per heavy atom. The van der Waals surface area contributed by atoms with Crippen LogP contribution in [-0.2, 0) is 11.3 Å². The van der Waals surface area contributed by atoms with Gasteiger partial charge in [-0.3, -0.25) is 4.79 Å². The van der Waals surface area contributed by atoms with Crippen LogP contribution in [0.3, 0.4) is 0 Å². The Kier molecular flexibility index (Phi) is 8.69. The topological polar surface area (TPSA) is 59.4 Å². The van der Waals surface area contributed by atoms with Crippen molar-refractivity contribution in [2.24, 2.45) is 0 Å². The molecule has 0 aliphatic heterocycles. The van der Waals surface area contributed by atoms with Gasteiger partial charge in [-0.05, 0) is 33.2 Å². The first-order valence-electron chi connectivity index (χ1n) is 7.75. The summed E-state index contributed by atoms with van der Waals surface area (Å²) < 4.78 is 6.78. The lowest BCUT2D eigenvalue weighted by molar-refractivity contribution is 0.143. The number of anilines is 1.